The van der Waals surface area contributed by atoms with Crippen molar-refractivity contribution in [3.63, 3.8) is 0 Å². The Labute approximate surface area is 274 Å². The van der Waals surface area contributed by atoms with Crippen LogP contribution in [0, 0.1) is 17.2 Å². The topological polar surface area (TPSA) is 115 Å². The first-order valence-corrected chi connectivity index (χ1v) is 15.9. The molecule has 0 aromatic heterocycles. The fourth-order valence-electron chi connectivity index (χ4n) is 6.07. The summed E-state index contributed by atoms with van der Waals surface area (Å²) in [4.78, 5) is 37.1. The maximum absolute atomic E-state index is 14.7. The summed E-state index contributed by atoms with van der Waals surface area (Å²) in [5.74, 6) is 0.637. The Morgan fingerprint density at radius 2 is 1.82 bits per heavy atom. The second-order valence-electron chi connectivity index (χ2n) is 12.1. The van der Waals surface area contributed by atoms with Gasteiger partial charge in [-0.2, -0.15) is 5.26 Å². The predicted octanol–water partition coefficient (Wildman–Crippen LogP) is 5.63. The van der Waals surface area contributed by atoms with Gasteiger partial charge < -0.3 is 15.4 Å². The van der Waals surface area contributed by atoms with Gasteiger partial charge in [-0.1, -0.05) is 53.6 Å². The maximum atomic E-state index is 14.7. The zero-order valence-electron chi connectivity index (χ0n) is 25.7. The molecule has 236 valence electrons. The van der Waals surface area contributed by atoms with Gasteiger partial charge in [-0.15, -0.1) is 0 Å². The molecule has 3 aliphatic rings. The number of hydrogen-bond donors (Lipinski definition) is 1. The van der Waals surface area contributed by atoms with Crippen molar-refractivity contribution < 1.29 is 14.3 Å². The van der Waals surface area contributed by atoms with Crippen molar-refractivity contribution in [1.29, 1.82) is 5.26 Å². The Hall–Kier alpha value is -3.84. The average Bonchev–Trinajstić information content (AvgIpc) is 3.42. The Bertz CT molecular complexity index is 1570. The zero-order valence-corrected chi connectivity index (χ0v) is 27.3. The molecule has 0 bridgehead atoms. The number of aliphatic imine (C=N–C) groups is 1. The monoisotopic (exact) mass is 648 g/mol. The normalized spacial score (nSPS) is 22.1. The number of ether oxygens (including phenoxy) is 1. The predicted molar refractivity (Wildman–Crippen MR) is 176 cm³/mol. The number of carbonyl (C=O) groups excluding carboxylic acids is 2. The number of piperazine rings is 1. The van der Waals surface area contributed by atoms with Gasteiger partial charge in [0.15, 0.2) is 0 Å². The van der Waals surface area contributed by atoms with Crippen LogP contribution in [-0.2, 0) is 10.2 Å². The summed E-state index contributed by atoms with van der Waals surface area (Å²) in [6.45, 7) is 8.10. The highest BCUT2D eigenvalue weighted by Crippen LogP contribution is 2.43. The molecule has 2 aliphatic heterocycles. The van der Waals surface area contributed by atoms with Gasteiger partial charge in [-0.05, 0) is 68.7 Å². The highest BCUT2D eigenvalue weighted by molar-refractivity contribution is 6.31. The van der Waals surface area contributed by atoms with Gasteiger partial charge in [0.25, 0.3) is 0 Å². The van der Waals surface area contributed by atoms with Crippen molar-refractivity contribution in [3.05, 3.63) is 87.4 Å². The van der Waals surface area contributed by atoms with Crippen LogP contribution in [0.25, 0.3) is 0 Å². The van der Waals surface area contributed by atoms with Crippen LogP contribution < -0.4 is 10.5 Å². The smallest absolute Gasteiger partial charge is 0.326 e. The molecule has 3 atom stereocenters. The molecule has 1 unspecified atom stereocenters. The first kappa shape index (κ1) is 32.6. The summed E-state index contributed by atoms with van der Waals surface area (Å²) >= 11 is 12.6. The Balaban J connectivity index is 1.63. The number of primary amides is 1. The third-order valence-electron chi connectivity index (χ3n) is 8.59. The highest BCUT2D eigenvalue weighted by Gasteiger charge is 2.46. The molecule has 3 amide bonds. The van der Waals surface area contributed by atoms with E-state index in [0.29, 0.717) is 66.4 Å². The van der Waals surface area contributed by atoms with E-state index >= 15 is 0 Å². The summed E-state index contributed by atoms with van der Waals surface area (Å²) in [6.07, 6.45) is 6.60. The fraction of sp³-hybridized carbons (Fsp3) is 0.412. The minimum Gasteiger partial charge on any atom is -0.493 e. The van der Waals surface area contributed by atoms with Gasteiger partial charge in [-0.3, -0.25) is 19.6 Å². The lowest BCUT2D eigenvalue weighted by molar-refractivity contribution is -0.119. The van der Waals surface area contributed by atoms with Crippen molar-refractivity contribution in [2.45, 2.75) is 44.7 Å². The molecule has 5 rings (SSSR count). The first-order chi connectivity index (χ1) is 21.5. The number of hydrogen-bond acceptors (Lipinski definition) is 6. The molecule has 2 aromatic rings. The number of amides is 3. The third kappa shape index (κ3) is 7.04. The minimum absolute atomic E-state index is 0.0271. The van der Waals surface area contributed by atoms with Crippen LogP contribution in [0.1, 0.15) is 49.9 Å². The third-order valence-corrected chi connectivity index (χ3v) is 9.12. The van der Waals surface area contributed by atoms with Crippen LogP contribution >= 0.6 is 23.2 Å². The summed E-state index contributed by atoms with van der Waals surface area (Å²) in [6, 6.07) is 14.6. The number of rotatable bonds is 8. The molecular formula is C34H38Cl2N6O3. The van der Waals surface area contributed by atoms with Crippen molar-refractivity contribution in [1.82, 2.24) is 14.7 Å². The number of halogens is 2. The largest absolute Gasteiger partial charge is 0.493 e. The molecule has 9 nitrogen and oxygen atoms in total. The highest BCUT2D eigenvalue weighted by atomic mass is 35.5. The first-order valence-electron chi connectivity index (χ1n) is 15.2. The molecule has 0 saturated carbocycles. The van der Waals surface area contributed by atoms with Crippen LogP contribution in [0.4, 0.5) is 4.79 Å². The lowest BCUT2D eigenvalue weighted by Crippen LogP contribution is -2.55. The second kappa shape index (κ2) is 13.7. The number of urea groups is 1. The van der Waals surface area contributed by atoms with E-state index < -0.39 is 17.4 Å². The van der Waals surface area contributed by atoms with E-state index in [9.17, 15) is 14.9 Å². The Morgan fingerprint density at radius 1 is 1.11 bits per heavy atom. The standard InChI is InChI=1S/C34H38Cl2N6O3/c1-4-45-28-19-24(34(2,3)21-37)9-14-27(28)32-39-30(22-5-10-25(35)11-6-22)31(23-7-12-26(36)13-8-23)42(32)33(44)41-17-15-40(16-18-41)20-29(38)43/h5,7-14,19,22,30-31H,4,6,15-18,20H2,1-3H3,(H2,38,43)/t22?,30-,31+/m0/s1. The second-order valence-corrected chi connectivity index (χ2v) is 12.9. The van der Waals surface area contributed by atoms with Crippen LogP contribution in [0.15, 0.2) is 70.7 Å². The van der Waals surface area contributed by atoms with Crippen molar-refractivity contribution in [2.75, 3.05) is 39.3 Å². The molecule has 45 heavy (non-hydrogen) atoms. The van der Waals surface area contributed by atoms with E-state index in [1.165, 1.54) is 0 Å². The Kier molecular flexibility index (Phi) is 9.88. The van der Waals surface area contributed by atoms with E-state index in [-0.39, 0.29) is 24.5 Å². The van der Waals surface area contributed by atoms with Crippen LogP contribution in [-0.4, -0.2) is 77.8 Å². The van der Waals surface area contributed by atoms with Crippen LogP contribution in [0.5, 0.6) is 5.75 Å². The summed E-state index contributed by atoms with van der Waals surface area (Å²) in [5, 5.41) is 11.1. The molecule has 0 radical (unpaired) electrons. The van der Waals surface area contributed by atoms with Crippen LogP contribution in [0.3, 0.4) is 0 Å². The van der Waals surface area contributed by atoms with Crippen molar-refractivity contribution in [3.8, 4) is 11.8 Å². The number of nitrogens with zero attached hydrogens (tertiary/aromatic N) is 5. The van der Waals surface area contributed by atoms with Gasteiger partial charge >= 0.3 is 6.03 Å². The lowest BCUT2D eigenvalue weighted by atomic mass is 9.85. The quantitative estimate of drug-likeness (QED) is 0.398. The molecule has 0 spiro atoms. The summed E-state index contributed by atoms with van der Waals surface area (Å²) < 4.78 is 6.16. The molecule has 1 fully saturated rings. The molecule has 2 N–H and O–H groups in total. The van der Waals surface area contributed by atoms with E-state index in [0.717, 1.165) is 11.1 Å². The molecule has 1 saturated heterocycles. The number of carbonyl (C=O) groups is 2. The number of nitrogens with two attached hydrogens (primary N) is 1. The van der Waals surface area contributed by atoms with Gasteiger partial charge in [0.1, 0.15) is 11.6 Å². The molecule has 11 heteroatoms. The van der Waals surface area contributed by atoms with Gasteiger partial charge in [0.2, 0.25) is 5.91 Å². The fourth-order valence-corrected chi connectivity index (χ4v) is 6.36. The number of benzene rings is 2. The van der Waals surface area contributed by atoms with Gasteiger partial charge in [-0.25, -0.2) is 4.79 Å². The van der Waals surface area contributed by atoms with Gasteiger partial charge in [0, 0.05) is 42.2 Å². The number of amidine groups is 1. The summed E-state index contributed by atoms with van der Waals surface area (Å²) in [7, 11) is 0. The Morgan fingerprint density at radius 3 is 2.42 bits per heavy atom. The van der Waals surface area contributed by atoms with E-state index in [1.54, 1.807) is 9.80 Å². The van der Waals surface area contributed by atoms with Crippen LogP contribution in [0.2, 0.25) is 5.02 Å². The maximum Gasteiger partial charge on any atom is 0.326 e. The molecular weight excluding hydrogens is 611 g/mol. The minimum atomic E-state index is -0.741. The number of allylic oxidation sites excluding steroid dienone is 3. The molecule has 1 aliphatic carbocycles. The number of nitriles is 1. The van der Waals surface area contributed by atoms with Gasteiger partial charge in [0.05, 0.1) is 42.3 Å². The van der Waals surface area contributed by atoms with Crippen molar-refractivity contribution in [2.24, 2.45) is 16.6 Å². The van der Waals surface area contributed by atoms with E-state index in [1.807, 2.05) is 80.3 Å². The molecule has 2 heterocycles. The SMILES string of the molecule is CCOc1cc(C(C)(C)C#N)ccc1C1=N[C@@H](C2C=CC(Cl)=CC2)[C@@H](c2ccc(Cl)cc2)N1C(=O)N1CCN(CC(N)=O)CC1. The van der Waals surface area contributed by atoms with E-state index in [4.69, 9.17) is 38.7 Å². The van der Waals surface area contributed by atoms with E-state index in [2.05, 4.69) is 12.1 Å². The summed E-state index contributed by atoms with van der Waals surface area (Å²) in [5.41, 5.74) is 7.07. The van der Waals surface area contributed by atoms with Crippen molar-refractivity contribution >= 4 is 41.0 Å². The average molecular weight is 650 g/mol. The molecule has 2 aromatic carbocycles. The lowest BCUT2D eigenvalue weighted by Gasteiger charge is -2.39. The zero-order chi connectivity index (χ0) is 32.3.